The van der Waals surface area contributed by atoms with Gasteiger partial charge in [0.05, 0.1) is 20.8 Å². The molecule has 1 aliphatic rings. The van der Waals surface area contributed by atoms with E-state index in [0.717, 1.165) is 0 Å². The molecule has 10 heteroatoms. The van der Waals surface area contributed by atoms with E-state index in [1.54, 1.807) is 0 Å². The fraction of sp³-hybridized carbons (Fsp3) is 0.381. The Bertz CT molecular complexity index is 911. The summed E-state index contributed by atoms with van der Waals surface area (Å²) >= 11 is 0. The smallest absolute Gasteiger partial charge is 0.229 e. The molecular formula is C21H24O10. The van der Waals surface area contributed by atoms with Gasteiger partial charge in [0.2, 0.25) is 12.1 Å². The minimum atomic E-state index is -1.67. The predicted octanol–water partition coefficient (Wildman–Crippen LogP) is -0.181. The molecule has 0 amide bonds. The monoisotopic (exact) mass is 436 g/mol. The van der Waals surface area contributed by atoms with Crippen LogP contribution in [-0.2, 0) is 4.74 Å². The van der Waals surface area contributed by atoms with Gasteiger partial charge in [-0.05, 0) is 24.3 Å². The van der Waals surface area contributed by atoms with Crippen LogP contribution in [0.25, 0.3) is 0 Å². The third kappa shape index (κ3) is 4.58. The molecule has 3 rings (SSSR count). The number of aromatic hydroxyl groups is 1. The van der Waals surface area contributed by atoms with E-state index in [-0.39, 0.29) is 34.1 Å². The lowest BCUT2D eigenvalue weighted by Crippen LogP contribution is -2.60. The van der Waals surface area contributed by atoms with Gasteiger partial charge in [0.15, 0.2) is 0 Å². The number of ether oxygens (including phenoxy) is 4. The second-order valence-electron chi connectivity index (χ2n) is 6.89. The second-order valence-corrected chi connectivity index (χ2v) is 6.89. The van der Waals surface area contributed by atoms with Crippen molar-refractivity contribution < 1.29 is 49.3 Å². The highest BCUT2D eigenvalue weighted by atomic mass is 16.7. The first-order valence-electron chi connectivity index (χ1n) is 9.37. The molecule has 0 unspecified atom stereocenters. The van der Waals surface area contributed by atoms with E-state index in [0.29, 0.717) is 0 Å². The third-order valence-corrected chi connectivity index (χ3v) is 4.94. The summed E-state index contributed by atoms with van der Waals surface area (Å²) in [6.45, 7) is -0.633. The van der Waals surface area contributed by atoms with Gasteiger partial charge in [-0.2, -0.15) is 0 Å². The summed E-state index contributed by atoms with van der Waals surface area (Å²) in [6, 6.07) is 8.37. The summed E-state index contributed by atoms with van der Waals surface area (Å²) in [5.41, 5.74) is 0.200. The number of phenolic OH excluding ortho intramolecular Hbond substituents is 1. The Labute approximate surface area is 177 Å². The van der Waals surface area contributed by atoms with Gasteiger partial charge < -0.3 is 44.5 Å². The lowest BCUT2D eigenvalue weighted by atomic mass is 9.98. The highest BCUT2D eigenvalue weighted by Crippen LogP contribution is 2.37. The maximum atomic E-state index is 13.2. The molecule has 5 N–H and O–H groups in total. The van der Waals surface area contributed by atoms with Crippen LogP contribution in [0.15, 0.2) is 36.4 Å². The average Bonchev–Trinajstić information content (AvgIpc) is 2.78. The summed E-state index contributed by atoms with van der Waals surface area (Å²) in [6.07, 6.45) is -7.59. The summed E-state index contributed by atoms with van der Waals surface area (Å²) in [4.78, 5) is 13.2. The van der Waals surface area contributed by atoms with Gasteiger partial charge in [0.25, 0.3) is 0 Å². The number of methoxy groups -OCH3 is 2. The highest BCUT2D eigenvalue weighted by molar-refractivity contribution is 6.12. The van der Waals surface area contributed by atoms with Crippen LogP contribution >= 0.6 is 0 Å². The van der Waals surface area contributed by atoms with Crippen LogP contribution in [-0.4, -0.2) is 82.8 Å². The lowest BCUT2D eigenvalue weighted by Gasteiger charge is -2.39. The van der Waals surface area contributed by atoms with Crippen molar-refractivity contribution in [3.63, 3.8) is 0 Å². The van der Waals surface area contributed by atoms with Crippen LogP contribution in [0.3, 0.4) is 0 Å². The van der Waals surface area contributed by atoms with E-state index >= 15 is 0 Å². The molecule has 0 saturated carbocycles. The zero-order valence-corrected chi connectivity index (χ0v) is 16.8. The SMILES string of the molecule is COc1cc(OC)c(C(=O)c2ccc(O)cc2)c(O[C@@H]2O[C@H](CO)[C@@H](O)[C@H](O)[C@H]2O)c1. The molecule has 1 saturated heterocycles. The Kier molecular flexibility index (Phi) is 6.98. The van der Waals surface area contributed by atoms with Crippen LogP contribution < -0.4 is 14.2 Å². The van der Waals surface area contributed by atoms with Gasteiger partial charge in [-0.3, -0.25) is 4.79 Å². The lowest BCUT2D eigenvalue weighted by molar-refractivity contribution is -0.277. The van der Waals surface area contributed by atoms with Gasteiger partial charge in [0.1, 0.15) is 53.0 Å². The Balaban J connectivity index is 2.04. The van der Waals surface area contributed by atoms with Crippen molar-refractivity contribution in [1.29, 1.82) is 0 Å². The number of hydrogen-bond donors (Lipinski definition) is 5. The fourth-order valence-electron chi connectivity index (χ4n) is 3.21. The molecule has 0 aliphatic carbocycles. The first-order valence-corrected chi connectivity index (χ1v) is 9.37. The fourth-order valence-corrected chi connectivity index (χ4v) is 3.21. The zero-order chi connectivity index (χ0) is 22.7. The van der Waals surface area contributed by atoms with Gasteiger partial charge in [0, 0.05) is 17.7 Å². The first kappa shape index (κ1) is 22.8. The van der Waals surface area contributed by atoms with Crippen LogP contribution in [0.5, 0.6) is 23.0 Å². The molecule has 0 bridgehead atoms. The standard InChI is InChI=1S/C21H24O10/c1-28-12-7-13(29-2)16(17(24)10-3-5-11(23)6-4-10)14(8-12)30-21-20(27)19(26)18(25)15(9-22)31-21/h3-8,15,18-23,25-27H,9H2,1-2H3/t15-,18-,19+,20-,21-/m1/s1. The van der Waals surface area contributed by atoms with Crippen molar-refractivity contribution in [3.8, 4) is 23.0 Å². The van der Waals surface area contributed by atoms with Crippen molar-refractivity contribution in [2.75, 3.05) is 20.8 Å². The molecule has 10 nitrogen and oxygen atoms in total. The molecular weight excluding hydrogens is 412 g/mol. The number of carbonyl (C=O) groups is 1. The molecule has 2 aromatic carbocycles. The number of benzene rings is 2. The summed E-state index contributed by atoms with van der Waals surface area (Å²) < 4.78 is 21.6. The molecule has 5 atom stereocenters. The predicted molar refractivity (Wildman–Crippen MR) is 105 cm³/mol. The quantitative estimate of drug-likeness (QED) is 0.369. The van der Waals surface area contributed by atoms with Crippen molar-refractivity contribution in [2.24, 2.45) is 0 Å². The molecule has 1 fully saturated rings. The molecule has 1 heterocycles. The average molecular weight is 436 g/mol. The molecule has 0 aromatic heterocycles. The molecule has 2 aromatic rings. The van der Waals surface area contributed by atoms with Crippen molar-refractivity contribution >= 4 is 5.78 Å². The molecule has 0 spiro atoms. The highest BCUT2D eigenvalue weighted by Gasteiger charge is 2.45. The van der Waals surface area contributed by atoms with Crippen LogP contribution in [0, 0.1) is 0 Å². The topological polar surface area (TPSA) is 155 Å². The number of hydrogen-bond acceptors (Lipinski definition) is 10. The van der Waals surface area contributed by atoms with E-state index in [4.69, 9.17) is 18.9 Å². The van der Waals surface area contributed by atoms with Crippen LogP contribution in [0.4, 0.5) is 0 Å². The minimum Gasteiger partial charge on any atom is -0.508 e. The number of phenols is 1. The van der Waals surface area contributed by atoms with Crippen molar-refractivity contribution in [2.45, 2.75) is 30.7 Å². The van der Waals surface area contributed by atoms with Gasteiger partial charge in [-0.1, -0.05) is 0 Å². The molecule has 168 valence electrons. The van der Waals surface area contributed by atoms with E-state index in [1.807, 2.05) is 0 Å². The van der Waals surface area contributed by atoms with E-state index in [2.05, 4.69) is 0 Å². The Morgan fingerprint density at radius 2 is 1.61 bits per heavy atom. The Morgan fingerprint density at radius 3 is 2.19 bits per heavy atom. The third-order valence-electron chi connectivity index (χ3n) is 4.94. The molecule has 0 radical (unpaired) electrons. The second kappa shape index (κ2) is 9.50. The van der Waals surface area contributed by atoms with Crippen LogP contribution in [0.2, 0.25) is 0 Å². The molecule has 31 heavy (non-hydrogen) atoms. The van der Waals surface area contributed by atoms with Gasteiger partial charge in [-0.15, -0.1) is 0 Å². The summed E-state index contributed by atoms with van der Waals surface area (Å²) in [5.74, 6) is -0.232. The molecule has 1 aliphatic heterocycles. The number of carbonyl (C=O) groups excluding carboxylic acids is 1. The van der Waals surface area contributed by atoms with E-state index < -0.39 is 43.1 Å². The maximum absolute atomic E-state index is 13.2. The van der Waals surface area contributed by atoms with Crippen LogP contribution in [0.1, 0.15) is 15.9 Å². The largest absolute Gasteiger partial charge is 0.508 e. The Morgan fingerprint density at radius 1 is 0.968 bits per heavy atom. The number of aliphatic hydroxyl groups excluding tert-OH is 4. The van der Waals surface area contributed by atoms with Gasteiger partial charge in [-0.25, -0.2) is 0 Å². The maximum Gasteiger partial charge on any atom is 0.229 e. The van der Waals surface area contributed by atoms with E-state index in [1.165, 1.54) is 50.6 Å². The van der Waals surface area contributed by atoms with Crippen molar-refractivity contribution in [3.05, 3.63) is 47.5 Å². The van der Waals surface area contributed by atoms with E-state index in [9.17, 15) is 30.3 Å². The minimum absolute atomic E-state index is 0.0176. The van der Waals surface area contributed by atoms with Crippen molar-refractivity contribution in [1.82, 2.24) is 0 Å². The number of ketones is 1. The number of aliphatic hydroxyl groups is 4. The zero-order valence-electron chi connectivity index (χ0n) is 16.8. The normalized spacial score (nSPS) is 25.7. The Hall–Kier alpha value is -2.89. The summed E-state index contributed by atoms with van der Waals surface area (Å²) in [7, 11) is 2.74. The first-order chi connectivity index (χ1) is 14.8. The number of rotatable bonds is 7. The van der Waals surface area contributed by atoms with Gasteiger partial charge >= 0.3 is 0 Å². The summed E-state index contributed by atoms with van der Waals surface area (Å²) in [5, 5.41) is 49.1.